The Morgan fingerprint density at radius 3 is 2.62 bits per heavy atom. The maximum atomic E-state index is 11.7. The van der Waals surface area contributed by atoms with Crippen LogP contribution in [0.4, 0.5) is 0 Å². The minimum absolute atomic E-state index is 0.00671. The molecule has 86 valence electrons. The molecule has 0 atom stereocenters. The third-order valence-electron chi connectivity index (χ3n) is 2.59. The van der Waals surface area contributed by atoms with Crippen molar-refractivity contribution in [1.82, 2.24) is 10.6 Å². The highest BCUT2D eigenvalue weighted by Crippen LogP contribution is 2.16. The van der Waals surface area contributed by atoms with Crippen LogP contribution in [0.15, 0.2) is 12.1 Å². The Kier molecular flexibility index (Phi) is 3.36. The molecule has 0 saturated carbocycles. The highest BCUT2D eigenvalue weighted by Gasteiger charge is 2.18. The smallest absolute Gasteiger partial charge is 0.261 e. The number of carbonyl (C=O) groups excluding carboxylic acids is 2. The van der Waals surface area contributed by atoms with E-state index in [1.54, 1.807) is 12.1 Å². The quantitative estimate of drug-likeness (QED) is 0.766. The van der Waals surface area contributed by atoms with E-state index in [9.17, 15) is 9.59 Å². The van der Waals surface area contributed by atoms with Crippen LogP contribution in [0.3, 0.4) is 0 Å². The molecule has 1 saturated heterocycles. The van der Waals surface area contributed by atoms with E-state index in [4.69, 9.17) is 0 Å². The molecule has 2 rings (SSSR count). The Morgan fingerprint density at radius 1 is 1.44 bits per heavy atom. The molecule has 0 aliphatic carbocycles. The first-order valence-electron chi connectivity index (χ1n) is 5.26. The average Bonchev–Trinajstić information content (AvgIpc) is 2.63. The average molecular weight is 238 g/mol. The number of hydrogen-bond donors (Lipinski definition) is 2. The van der Waals surface area contributed by atoms with Gasteiger partial charge in [-0.15, -0.1) is 11.3 Å². The fourth-order valence-electron chi connectivity index (χ4n) is 1.47. The van der Waals surface area contributed by atoms with Gasteiger partial charge in [0, 0.05) is 25.6 Å². The summed E-state index contributed by atoms with van der Waals surface area (Å²) in [6.45, 7) is 4.17. The van der Waals surface area contributed by atoms with Gasteiger partial charge in [0.15, 0.2) is 5.78 Å². The van der Waals surface area contributed by atoms with E-state index in [-0.39, 0.29) is 11.7 Å². The molecule has 1 aliphatic rings. The second-order valence-corrected chi connectivity index (χ2v) is 5.04. The SMILES string of the molecule is CC(=O)c1ccc(C(=O)NCC2CNC2)s1. The van der Waals surface area contributed by atoms with Crippen LogP contribution in [0.1, 0.15) is 26.3 Å². The summed E-state index contributed by atoms with van der Waals surface area (Å²) in [5, 5.41) is 6.02. The van der Waals surface area contributed by atoms with Gasteiger partial charge in [-0.3, -0.25) is 9.59 Å². The van der Waals surface area contributed by atoms with Crippen molar-refractivity contribution in [3.05, 3.63) is 21.9 Å². The molecule has 1 aromatic rings. The Balaban J connectivity index is 1.89. The van der Waals surface area contributed by atoms with Gasteiger partial charge in [-0.05, 0) is 19.1 Å². The van der Waals surface area contributed by atoms with Gasteiger partial charge in [0.2, 0.25) is 0 Å². The molecule has 0 aromatic carbocycles. The van der Waals surface area contributed by atoms with Crippen LogP contribution in [-0.2, 0) is 0 Å². The predicted octanol–water partition coefficient (Wildman–Crippen LogP) is 0.900. The number of ketones is 1. The molecule has 1 aliphatic heterocycles. The normalized spacial score (nSPS) is 15.6. The number of rotatable bonds is 4. The molecule has 1 amide bonds. The van der Waals surface area contributed by atoms with Gasteiger partial charge >= 0.3 is 0 Å². The van der Waals surface area contributed by atoms with E-state index in [1.165, 1.54) is 18.3 Å². The molecule has 0 spiro atoms. The van der Waals surface area contributed by atoms with Crippen LogP contribution in [0.2, 0.25) is 0 Å². The van der Waals surface area contributed by atoms with Gasteiger partial charge < -0.3 is 10.6 Å². The van der Waals surface area contributed by atoms with Gasteiger partial charge in [-0.2, -0.15) is 0 Å². The summed E-state index contributed by atoms with van der Waals surface area (Å²) in [5.41, 5.74) is 0. The van der Waals surface area contributed by atoms with E-state index in [0.29, 0.717) is 22.2 Å². The van der Waals surface area contributed by atoms with Crippen molar-refractivity contribution < 1.29 is 9.59 Å². The van der Waals surface area contributed by atoms with E-state index in [1.807, 2.05) is 0 Å². The van der Waals surface area contributed by atoms with Gasteiger partial charge in [0.1, 0.15) is 0 Å². The first kappa shape index (κ1) is 11.3. The lowest BCUT2D eigenvalue weighted by Gasteiger charge is -2.26. The summed E-state index contributed by atoms with van der Waals surface area (Å²) < 4.78 is 0. The van der Waals surface area contributed by atoms with Crippen molar-refractivity contribution in [1.29, 1.82) is 0 Å². The maximum Gasteiger partial charge on any atom is 0.261 e. The highest BCUT2D eigenvalue weighted by molar-refractivity contribution is 7.15. The van der Waals surface area contributed by atoms with Crippen molar-refractivity contribution in [3.8, 4) is 0 Å². The fraction of sp³-hybridized carbons (Fsp3) is 0.455. The molecule has 1 aromatic heterocycles. The van der Waals surface area contributed by atoms with E-state index >= 15 is 0 Å². The summed E-state index contributed by atoms with van der Waals surface area (Å²) in [4.78, 5) is 24.0. The lowest BCUT2D eigenvalue weighted by Crippen LogP contribution is -2.48. The monoisotopic (exact) mass is 238 g/mol. The lowest BCUT2D eigenvalue weighted by atomic mass is 10.0. The van der Waals surface area contributed by atoms with Crippen molar-refractivity contribution in [2.45, 2.75) is 6.92 Å². The summed E-state index contributed by atoms with van der Waals surface area (Å²) in [7, 11) is 0. The molecule has 2 heterocycles. The molecule has 0 bridgehead atoms. The molecule has 5 heteroatoms. The number of Topliss-reactive ketones (excluding diaryl/α,β-unsaturated/α-hetero) is 1. The van der Waals surface area contributed by atoms with Crippen molar-refractivity contribution in [2.75, 3.05) is 19.6 Å². The standard InChI is InChI=1S/C11H14N2O2S/c1-7(14)9-2-3-10(16-9)11(15)13-6-8-4-12-5-8/h2-3,8,12H,4-6H2,1H3,(H,13,15). The minimum Gasteiger partial charge on any atom is -0.351 e. The number of amides is 1. The van der Waals surface area contributed by atoms with Crippen LogP contribution >= 0.6 is 11.3 Å². The van der Waals surface area contributed by atoms with Gasteiger partial charge in [0.05, 0.1) is 9.75 Å². The summed E-state index contributed by atoms with van der Waals surface area (Å²) in [6, 6.07) is 3.41. The second-order valence-electron chi connectivity index (χ2n) is 3.95. The van der Waals surface area contributed by atoms with Gasteiger partial charge in [-0.1, -0.05) is 0 Å². The first-order chi connectivity index (χ1) is 7.66. The molecule has 16 heavy (non-hydrogen) atoms. The van der Waals surface area contributed by atoms with Crippen LogP contribution in [0.25, 0.3) is 0 Å². The summed E-state index contributed by atoms with van der Waals surface area (Å²) in [5.74, 6) is 0.479. The van der Waals surface area contributed by atoms with Gasteiger partial charge in [0.25, 0.3) is 5.91 Å². The zero-order valence-corrected chi connectivity index (χ0v) is 9.89. The fourth-order valence-corrected chi connectivity index (χ4v) is 2.28. The number of carbonyl (C=O) groups is 2. The first-order valence-corrected chi connectivity index (χ1v) is 6.08. The molecule has 4 nitrogen and oxygen atoms in total. The zero-order valence-electron chi connectivity index (χ0n) is 9.08. The third-order valence-corrected chi connectivity index (χ3v) is 3.78. The Morgan fingerprint density at radius 2 is 2.12 bits per heavy atom. The molecular formula is C11H14N2O2S. The Hall–Kier alpha value is -1.20. The summed E-state index contributed by atoms with van der Waals surface area (Å²) >= 11 is 1.25. The predicted molar refractivity (Wildman–Crippen MR) is 63.0 cm³/mol. The number of nitrogens with one attached hydrogen (secondary N) is 2. The van der Waals surface area contributed by atoms with Crippen LogP contribution in [0, 0.1) is 5.92 Å². The van der Waals surface area contributed by atoms with E-state index in [0.717, 1.165) is 13.1 Å². The zero-order chi connectivity index (χ0) is 11.5. The summed E-state index contributed by atoms with van der Waals surface area (Å²) in [6.07, 6.45) is 0. The lowest BCUT2D eigenvalue weighted by molar-refractivity contribution is 0.0945. The Labute approximate surface area is 98.0 Å². The van der Waals surface area contributed by atoms with Crippen LogP contribution in [-0.4, -0.2) is 31.3 Å². The molecule has 1 fully saturated rings. The minimum atomic E-state index is -0.0793. The van der Waals surface area contributed by atoms with E-state index < -0.39 is 0 Å². The molecule has 0 radical (unpaired) electrons. The number of thiophene rings is 1. The topological polar surface area (TPSA) is 58.2 Å². The molecule has 2 N–H and O–H groups in total. The van der Waals surface area contributed by atoms with Crippen molar-refractivity contribution >= 4 is 23.0 Å². The second kappa shape index (κ2) is 4.76. The van der Waals surface area contributed by atoms with Crippen molar-refractivity contribution in [2.24, 2.45) is 5.92 Å². The molecule has 0 unspecified atom stereocenters. The Bertz CT molecular complexity index is 410. The van der Waals surface area contributed by atoms with Crippen molar-refractivity contribution in [3.63, 3.8) is 0 Å². The maximum absolute atomic E-state index is 11.7. The van der Waals surface area contributed by atoms with E-state index in [2.05, 4.69) is 10.6 Å². The van der Waals surface area contributed by atoms with Crippen LogP contribution < -0.4 is 10.6 Å². The largest absolute Gasteiger partial charge is 0.351 e. The molecular weight excluding hydrogens is 224 g/mol. The highest BCUT2D eigenvalue weighted by atomic mass is 32.1. The number of hydrogen-bond acceptors (Lipinski definition) is 4. The van der Waals surface area contributed by atoms with Crippen LogP contribution in [0.5, 0.6) is 0 Å². The third kappa shape index (κ3) is 2.48. The van der Waals surface area contributed by atoms with Gasteiger partial charge in [-0.25, -0.2) is 0 Å².